The second kappa shape index (κ2) is 5.63. The van der Waals surface area contributed by atoms with Crippen LogP contribution >= 0.6 is 0 Å². The topological polar surface area (TPSA) is 22.1 Å². The minimum atomic E-state index is -0.332. The van der Waals surface area contributed by atoms with E-state index in [0.29, 0.717) is 0 Å². The summed E-state index contributed by atoms with van der Waals surface area (Å²) in [5, 5.41) is 0. The minimum Gasteiger partial charge on any atom is -0.484 e. The van der Waals surface area contributed by atoms with Gasteiger partial charge in [0.25, 0.3) is 0 Å². The zero-order chi connectivity index (χ0) is 13.0. The second-order valence-electron chi connectivity index (χ2n) is 4.20. The summed E-state index contributed by atoms with van der Waals surface area (Å²) < 4.78 is 19.0. The van der Waals surface area contributed by atoms with Gasteiger partial charge >= 0.3 is 0 Å². The first kappa shape index (κ1) is 12.6. The van der Waals surface area contributed by atoms with Crippen molar-refractivity contribution in [3.05, 3.63) is 59.2 Å². The molecule has 0 aliphatic rings. The van der Waals surface area contributed by atoms with Crippen molar-refractivity contribution < 1.29 is 9.13 Å². The molecule has 0 saturated heterocycles. The number of hydrogen-bond acceptors (Lipinski definition) is 2. The van der Waals surface area contributed by atoms with Crippen molar-refractivity contribution in [1.29, 1.82) is 0 Å². The SMILES string of the molecule is CCc1cccc(COc2ccc(C)cc2F)n1. The molecule has 0 radical (unpaired) electrons. The van der Waals surface area contributed by atoms with Crippen LogP contribution in [0.2, 0.25) is 0 Å². The van der Waals surface area contributed by atoms with Gasteiger partial charge in [-0.2, -0.15) is 0 Å². The van der Waals surface area contributed by atoms with E-state index in [9.17, 15) is 4.39 Å². The van der Waals surface area contributed by atoms with E-state index in [-0.39, 0.29) is 18.2 Å². The van der Waals surface area contributed by atoms with Gasteiger partial charge in [0.1, 0.15) is 6.61 Å². The van der Waals surface area contributed by atoms with Gasteiger partial charge in [0.05, 0.1) is 5.69 Å². The van der Waals surface area contributed by atoms with E-state index in [1.54, 1.807) is 6.07 Å². The number of ether oxygens (including phenoxy) is 1. The van der Waals surface area contributed by atoms with Crippen LogP contribution in [-0.2, 0) is 13.0 Å². The number of nitrogens with zero attached hydrogens (tertiary/aromatic N) is 1. The van der Waals surface area contributed by atoms with E-state index >= 15 is 0 Å². The van der Waals surface area contributed by atoms with Crippen molar-refractivity contribution in [2.75, 3.05) is 0 Å². The quantitative estimate of drug-likeness (QED) is 0.820. The van der Waals surface area contributed by atoms with Crippen LogP contribution in [0.4, 0.5) is 4.39 Å². The normalized spacial score (nSPS) is 10.4. The van der Waals surface area contributed by atoms with Gasteiger partial charge in [-0.15, -0.1) is 0 Å². The Morgan fingerprint density at radius 2 is 1.94 bits per heavy atom. The molecule has 0 fully saturated rings. The van der Waals surface area contributed by atoms with Crippen LogP contribution in [0.15, 0.2) is 36.4 Å². The predicted molar refractivity (Wildman–Crippen MR) is 69.1 cm³/mol. The van der Waals surface area contributed by atoms with E-state index in [2.05, 4.69) is 4.98 Å². The van der Waals surface area contributed by atoms with Gasteiger partial charge in [-0.05, 0) is 43.2 Å². The van der Waals surface area contributed by atoms with Crippen LogP contribution in [-0.4, -0.2) is 4.98 Å². The number of hydrogen-bond donors (Lipinski definition) is 0. The van der Waals surface area contributed by atoms with Crippen molar-refractivity contribution in [2.24, 2.45) is 0 Å². The lowest BCUT2D eigenvalue weighted by Gasteiger charge is -2.08. The van der Waals surface area contributed by atoms with Crippen molar-refractivity contribution in [3.8, 4) is 5.75 Å². The molecule has 1 aromatic heterocycles. The van der Waals surface area contributed by atoms with Gasteiger partial charge in [0.2, 0.25) is 0 Å². The molecule has 2 nitrogen and oxygen atoms in total. The highest BCUT2D eigenvalue weighted by Gasteiger charge is 2.04. The summed E-state index contributed by atoms with van der Waals surface area (Å²) in [4.78, 5) is 4.41. The second-order valence-corrected chi connectivity index (χ2v) is 4.20. The van der Waals surface area contributed by atoms with Gasteiger partial charge in [-0.3, -0.25) is 4.98 Å². The zero-order valence-corrected chi connectivity index (χ0v) is 10.6. The Morgan fingerprint density at radius 3 is 2.67 bits per heavy atom. The van der Waals surface area contributed by atoms with E-state index in [0.717, 1.165) is 23.4 Å². The summed E-state index contributed by atoms with van der Waals surface area (Å²) in [7, 11) is 0. The van der Waals surface area contributed by atoms with Gasteiger partial charge in [0, 0.05) is 5.69 Å². The molecule has 0 amide bonds. The van der Waals surface area contributed by atoms with Crippen LogP contribution < -0.4 is 4.74 Å². The monoisotopic (exact) mass is 245 g/mol. The molecule has 0 atom stereocenters. The van der Waals surface area contributed by atoms with E-state index < -0.39 is 0 Å². The molecule has 0 N–H and O–H groups in total. The fourth-order valence-electron chi connectivity index (χ4n) is 1.68. The molecule has 0 aliphatic carbocycles. The first-order valence-electron chi connectivity index (χ1n) is 6.03. The summed E-state index contributed by atoms with van der Waals surface area (Å²) in [6, 6.07) is 10.7. The minimum absolute atomic E-state index is 0.268. The maximum Gasteiger partial charge on any atom is 0.165 e. The summed E-state index contributed by atoms with van der Waals surface area (Å²) in [6.07, 6.45) is 0.882. The standard InChI is InChI=1S/C15H16FNO/c1-3-12-5-4-6-13(17-12)10-18-15-8-7-11(2)9-14(15)16/h4-9H,3,10H2,1-2H3. The van der Waals surface area contributed by atoms with Crippen LogP contribution in [0.5, 0.6) is 5.75 Å². The van der Waals surface area contributed by atoms with Crippen LogP contribution in [0.3, 0.4) is 0 Å². The summed E-state index contributed by atoms with van der Waals surface area (Å²) >= 11 is 0. The highest BCUT2D eigenvalue weighted by molar-refractivity contribution is 5.28. The lowest BCUT2D eigenvalue weighted by molar-refractivity contribution is 0.285. The molecule has 0 spiro atoms. The first-order valence-corrected chi connectivity index (χ1v) is 6.03. The molecule has 0 bridgehead atoms. The molecule has 94 valence electrons. The summed E-state index contributed by atoms with van der Waals surface area (Å²) in [6.45, 7) is 4.18. The van der Waals surface area contributed by atoms with E-state index in [1.165, 1.54) is 6.07 Å². The fourth-order valence-corrected chi connectivity index (χ4v) is 1.68. The average Bonchev–Trinajstić information content (AvgIpc) is 2.38. The maximum atomic E-state index is 13.6. The Labute approximate surface area is 106 Å². The third-order valence-corrected chi connectivity index (χ3v) is 2.69. The third kappa shape index (κ3) is 3.06. The Hall–Kier alpha value is -1.90. The Balaban J connectivity index is 2.06. The maximum absolute atomic E-state index is 13.6. The van der Waals surface area contributed by atoms with Crippen molar-refractivity contribution in [3.63, 3.8) is 0 Å². The van der Waals surface area contributed by atoms with E-state index in [4.69, 9.17) is 4.74 Å². The lowest BCUT2D eigenvalue weighted by atomic mass is 10.2. The highest BCUT2D eigenvalue weighted by Crippen LogP contribution is 2.19. The smallest absolute Gasteiger partial charge is 0.165 e. The molecule has 0 unspecified atom stereocenters. The number of aromatic nitrogens is 1. The molecular formula is C15H16FNO. The van der Waals surface area contributed by atoms with Crippen LogP contribution in [0, 0.1) is 12.7 Å². The molecule has 1 heterocycles. The number of benzene rings is 1. The number of rotatable bonds is 4. The van der Waals surface area contributed by atoms with Gasteiger partial charge in [0.15, 0.2) is 11.6 Å². The lowest BCUT2D eigenvalue weighted by Crippen LogP contribution is -2.01. The molecule has 1 aromatic carbocycles. The Bertz CT molecular complexity index is 540. The van der Waals surface area contributed by atoms with Crippen LogP contribution in [0.25, 0.3) is 0 Å². The molecular weight excluding hydrogens is 229 g/mol. The largest absolute Gasteiger partial charge is 0.484 e. The van der Waals surface area contributed by atoms with Gasteiger partial charge < -0.3 is 4.74 Å². The Morgan fingerprint density at radius 1 is 1.17 bits per heavy atom. The molecule has 18 heavy (non-hydrogen) atoms. The van der Waals surface area contributed by atoms with Crippen molar-refractivity contribution >= 4 is 0 Å². The summed E-state index contributed by atoms with van der Waals surface area (Å²) in [5.41, 5.74) is 2.71. The van der Waals surface area contributed by atoms with Crippen molar-refractivity contribution in [1.82, 2.24) is 4.98 Å². The Kier molecular flexibility index (Phi) is 3.92. The number of aryl methyl sites for hydroxylation is 2. The van der Waals surface area contributed by atoms with Gasteiger partial charge in [-0.1, -0.05) is 19.1 Å². The summed E-state index contributed by atoms with van der Waals surface area (Å²) in [5.74, 6) is -0.0639. The zero-order valence-electron chi connectivity index (χ0n) is 10.6. The predicted octanol–water partition coefficient (Wildman–Crippen LogP) is 3.67. The molecule has 0 aliphatic heterocycles. The number of halogens is 1. The molecule has 2 aromatic rings. The van der Waals surface area contributed by atoms with Crippen LogP contribution in [0.1, 0.15) is 23.9 Å². The van der Waals surface area contributed by atoms with Gasteiger partial charge in [-0.25, -0.2) is 4.39 Å². The third-order valence-electron chi connectivity index (χ3n) is 2.69. The van der Waals surface area contributed by atoms with Crippen molar-refractivity contribution in [2.45, 2.75) is 26.9 Å². The first-order chi connectivity index (χ1) is 8.69. The molecule has 3 heteroatoms. The number of pyridine rings is 1. The average molecular weight is 245 g/mol. The highest BCUT2D eigenvalue weighted by atomic mass is 19.1. The molecule has 0 saturated carbocycles. The molecule has 2 rings (SSSR count). The van der Waals surface area contributed by atoms with E-state index in [1.807, 2.05) is 38.1 Å². The fraction of sp³-hybridized carbons (Fsp3) is 0.267.